The molecule has 25 heavy (non-hydrogen) atoms. The number of aromatic nitrogens is 4. The lowest BCUT2D eigenvalue weighted by Gasteiger charge is -2.30. The normalized spacial score (nSPS) is 20.7. The molecule has 1 aliphatic rings. The molecule has 1 saturated carbocycles. The van der Waals surface area contributed by atoms with Crippen LogP contribution in [-0.2, 0) is 7.05 Å². The van der Waals surface area contributed by atoms with Gasteiger partial charge >= 0.3 is 0 Å². The molecular formula is C18H20ClN5O. The summed E-state index contributed by atoms with van der Waals surface area (Å²) < 4.78 is 3.78. The fraction of sp³-hybridized carbons (Fsp3) is 0.389. The van der Waals surface area contributed by atoms with Gasteiger partial charge < -0.3 is 9.88 Å². The maximum atomic E-state index is 12.4. The number of nitrogens with zero attached hydrogens (tertiary/aromatic N) is 4. The minimum absolute atomic E-state index is 0.151. The molecule has 0 bridgehead atoms. The van der Waals surface area contributed by atoms with Crippen LogP contribution in [0.3, 0.4) is 0 Å². The number of pyridine rings is 1. The highest BCUT2D eigenvalue weighted by molar-refractivity contribution is 6.33. The van der Waals surface area contributed by atoms with Crippen LogP contribution < -0.4 is 5.32 Å². The number of hydrogen-bond acceptors (Lipinski definition) is 3. The van der Waals surface area contributed by atoms with Crippen molar-refractivity contribution >= 4 is 28.5 Å². The lowest BCUT2D eigenvalue weighted by atomic mass is 9.91. The number of amides is 1. The first-order chi connectivity index (χ1) is 12.1. The van der Waals surface area contributed by atoms with Gasteiger partial charge in [0.05, 0.1) is 11.2 Å². The zero-order valence-corrected chi connectivity index (χ0v) is 14.8. The van der Waals surface area contributed by atoms with E-state index in [1.54, 1.807) is 7.05 Å². The lowest BCUT2D eigenvalue weighted by molar-refractivity contribution is 0.0913. The highest BCUT2D eigenvalue weighted by Crippen LogP contribution is 2.31. The van der Waals surface area contributed by atoms with Crippen LogP contribution in [-0.4, -0.2) is 31.3 Å². The summed E-state index contributed by atoms with van der Waals surface area (Å²) >= 11 is 6.05. The number of nitrogens with one attached hydrogen (secondary N) is 1. The lowest BCUT2D eigenvalue weighted by Crippen LogP contribution is -2.38. The molecule has 0 aromatic carbocycles. The second-order valence-corrected chi connectivity index (χ2v) is 6.99. The van der Waals surface area contributed by atoms with E-state index < -0.39 is 0 Å². The van der Waals surface area contributed by atoms with E-state index >= 15 is 0 Å². The Labute approximate surface area is 150 Å². The van der Waals surface area contributed by atoms with Gasteiger partial charge in [-0.2, -0.15) is 5.10 Å². The molecule has 0 saturated heterocycles. The van der Waals surface area contributed by atoms with Crippen LogP contribution in [0.25, 0.3) is 11.0 Å². The summed E-state index contributed by atoms with van der Waals surface area (Å²) in [5.41, 5.74) is 1.46. The third-order valence-corrected chi connectivity index (χ3v) is 5.29. The van der Waals surface area contributed by atoms with Crippen LogP contribution in [0.2, 0.25) is 5.02 Å². The third-order valence-electron chi connectivity index (χ3n) is 5.01. The maximum absolute atomic E-state index is 12.4. The van der Waals surface area contributed by atoms with Crippen LogP contribution in [0, 0.1) is 0 Å². The number of rotatable bonds is 3. The molecule has 1 N–H and O–H groups in total. The van der Waals surface area contributed by atoms with Gasteiger partial charge in [-0.15, -0.1) is 0 Å². The molecule has 3 aromatic heterocycles. The smallest absolute Gasteiger partial charge is 0.271 e. The summed E-state index contributed by atoms with van der Waals surface area (Å²) in [5, 5.41) is 8.67. The van der Waals surface area contributed by atoms with Gasteiger partial charge in [0.1, 0.15) is 11.3 Å². The Morgan fingerprint density at radius 1 is 1.28 bits per heavy atom. The first-order valence-corrected chi connectivity index (χ1v) is 8.91. The molecule has 7 heteroatoms. The van der Waals surface area contributed by atoms with Crippen molar-refractivity contribution in [3.05, 3.63) is 47.5 Å². The molecule has 3 heterocycles. The van der Waals surface area contributed by atoms with E-state index in [9.17, 15) is 4.79 Å². The van der Waals surface area contributed by atoms with E-state index in [0.29, 0.717) is 16.8 Å². The van der Waals surface area contributed by atoms with Gasteiger partial charge in [-0.1, -0.05) is 11.6 Å². The molecule has 6 nitrogen and oxygen atoms in total. The predicted octanol–water partition coefficient (Wildman–Crippen LogP) is 3.34. The highest BCUT2D eigenvalue weighted by atomic mass is 35.5. The molecule has 0 spiro atoms. The number of carbonyl (C=O) groups excluding carboxylic acids is 1. The standard InChI is InChI=1S/C18H20ClN5O/c1-23-16(15(19)11-21-23)18(25)22-13-4-6-14(7-5-13)24-10-8-12-3-2-9-20-17(12)24/h2-3,8-11,13-14H,4-7H2,1H3,(H,22,25). The average Bonchev–Trinajstić information content (AvgIpc) is 3.19. The Morgan fingerprint density at radius 2 is 2.08 bits per heavy atom. The Balaban J connectivity index is 1.41. The van der Waals surface area contributed by atoms with Crippen molar-refractivity contribution in [1.29, 1.82) is 0 Å². The molecule has 130 valence electrons. The van der Waals surface area contributed by atoms with Gasteiger partial charge in [0.15, 0.2) is 0 Å². The van der Waals surface area contributed by atoms with Crippen LogP contribution in [0.5, 0.6) is 0 Å². The highest BCUT2D eigenvalue weighted by Gasteiger charge is 2.26. The molecule has 0 aliphatic heterocycles. The van der Waals surface area contributed by atoms with Gasteiger partial charge in [-0.25, -0.2) is 4.98 Å². The fourth-order valence-corrected chi connectivity index (χ4v) is 3.95. The Hall–Kier alpha value is -2.34. The van der Waals surface area contributed by atoms with Crippen LogP contribution in [0.1, 0.15) is 42.2 Å². The second kappa shape index (κ2) is 6.52. The zero-order valence-electron chi connectivity index (χ0n) is 14.0. The predicted molar refractivity (Wildman–Crippen MR) is 96.7 cm³/mol. The van der Waals surface area contributed by atoms with Crippen molar-refractivity contribution in [1.82, 2.24) is 24.6 Å². The molecule has 1 aliphatic carbocycles. The minimum atomic E-state index is -0.151. The van der Waals surface area contributed by atoms with E-state index in [0.717, 1.165) is 31.3 Å². The van der Waals surface area contributed by atoms with Gasteiger partial charge in [-0.3, -0.25) is 9.48 Å². The van der Waals surface area contributed by atoms with Crippen LogP contribution in [0.15, 0.2) is 36.8 Å². The maximum Gasteiger partial charge on any atom is 0.271 e. The molecule has 0 unspecified atom stereocenters. The van der Waals surface area contributed by atoms with E-state index in [2.05, 4.69) is 38.3 Å². The van der Waals surface area contributed by atoms with Gasteiger partial charge in [0, 0.05) is 36.9 Å². The number of hydrogen-bond donors (Lipinski definition) is 1. The van der Waals surface area contributed by atoms with E-state index in [1.807, 2.05) is 12.3 Å². The van der Waals surface area contributed by atoms with Crippen molar-refractivity contribution in [3.8, 4) is 0 Å². The SMILES string of the molecule is Cn1ncc(Cl)c1C(=O)NC1CCC(n2ccc3cccnc32)CC1. The molecule has 1 amide bonds. The number of halogens is 1. The van der Waals surface area contributed by atoms with E-state index in [4.69, 9.17) is 11.6 Å². The molecule has 4 rings (SSSR count). The first kappa shape index (κ1) is 16.1. The Kier molecular flexibility index (Phi) is 4.21. The average molecular weight is 358 g/mol. The molecular weight excluding hydrogens is 338 g/mol. The molecule has 0 atom stereocenters. The quantitative estimate of drug-likeness (QED) is 0.781. The first-order valence-electron chi connectivity index (χ1n) is 8.53. The van der Waals surface area contributed by atoms with Crippen LogP contribution >= 0.6 is 11.6 Å². The van der Waals surface area contributed by atoms with Crippen molar-refractivity contribution in [2.45, 2.75) is 37.8 Å². The summed E-state index contributed by atoms with van der Waals surface area (Å²) in [7, 11) is 1.72. The molecule has 1 fully saturated rings. The van der Waals surface area contributed by atoms with Crippen molar-refractivity contribution in [2.75, 3.05) is 0 Å². The number of carbonyl (C=O) groups is 1. The number of fused-ring (bicyclic) bond motifs is 1. The van der Waals surface area contributed by atoms with Crippen molar-refractivity contribution < 1.29 is 4.79 Å². The summed E-state index contributed by atoms with van der Waals surface area (Å²) in [6, 6.07) is 6.76. The summed E-state index contributed by atoms with van der Waals surface area (Å²) in [5.74, 6) is -0.151. The monoisotopic (exact) mass is 357 g/mol. The fourth-order valence-electron chi connectivity index (χ4n) is 3.70. The summed E-state index contributed by atoms with van der Waals surface area (Å²) in [6.07, 6.45) is 9.38. The zero-order chi connectivity index (χ0) is 17.4. The minimum Gasteiger partial charge on any atom is -0.348 e. The molecule has 0 radical (unpaired) electrons. The van der Waals surface area contributed by atoms with Gasteiger partial charge in [0.2, 0.25) is 0 Å². The van der Waals surface area contributed by atoms with Crippen molar-refractivity contribution in [3.63, 3.8) is 0 Å². The third kappa shape index (κ3) is 3.02. The largest absolute Gasteiger partial charge is 0.348 e. The van der Waals surface area contributed by atoms with Crippen LogP contribution in [0.4, 0.5) is 0 Å². The summed E-state index contributed by atoms with van der Waals surface area (Å²) in [4.78, 5) is 16.9. The summed E-state index contributed by atoms with van der Waals surface area (Å²) in [6.45, 7) is 0. The Bertz CT molecular complexity index is 888. The van der Waals surface area contributed by atoms with Gasteiger partial charge in [-0.05, 0) is 43.9 Å². The van der Waals surface area contributed by atoms with Gasteiger partial charge in [0.25, 0.3) is 5.91 Å². The van der Waals surface area contributed by atoms with Crippen molar-refractivity contribution in [2.24, 2.45) is 7.05 Å². The number of aryl methyl sites for hydroxylation is 1. The topological polar surface area (TPSA) is 64.7 Å². The van der Waals surface area contributed by atoms with E-state index in [1.165, 1.54) is 16.3 Å². The Morgan fingerprint density at radius 3 is 2.80 bits per heavy atom. The van der Waals surface area contributed by atoms with E-state index in [-0.39, 0.29) is 11.9 Å². The second-order valence-electron chi connectivity index (χ2n) is 6.58. The molecule has 3 aromatic rings.